The first-order valence-electron chi connectivity index (χ1n) is 20.0. The van der Waals surface area contributed by atoms with Crippen LogP contribution in [0.2, 0.25) is 5.02 Å². The van der Waals surface area contributed by atoms with Crippen molar-refractivity contribution in [3.8, 4) is 56.1 Å². The zero-order valence-electron chi connectivity index (χ0n) is 34.2. The lowest BCUT2D eigenvalue weighted by Crippen LogP contribution is -2.45. The quantitative estimate of drug-likeness (QED) is 0.0835. The molecule has 0 bridgehead atoms. The fourth-order valence-electron chi connectivity index (χ4n) is 7.28. The fraction of sp³-hybridized carbons (Fsp3) is 0.239. The molecule has 1 saturated heterocycles. The molecule has 4 heterocycles. The van der Waals surface area contributed by atoms with Crippen molar-refractivity contribution in [2.75, 3.05) is 46.4 Å². The second kappa shape index (κ2) is 20.1. The van der Waals surface area contributed by atoms with Crippen LogP contribution in [-0.4, -0.2) is 97.8 Å². The maximum atomic E-state index is 14.2. The molecule has 13 nitrogen and oxygen atoms in total. The standard InChI is InChI=1S/C46H42ClFN6O7S2/c1-28-35(14-15-37(41(28)47)58-23-22-54-20-18-53(2)19-21-54)39-40-44(50-27-51-45(40)62-42(39)29-10-12-32(48)13-11-29)60-38(46(55)56)25-30-6-3-4-9-36(30)59-26-33-16-17-49-43(52-33)31-7-5-8-34(24-31)61-63-57/h3-17,24,27,38,57H,18-23,25-26H2,1-2H3,(H,55,56). The van der Waals surface area contributed by atoms with E-state index in [1.807, 2.05) is 25.1 Å². The molecule has 8 rings (SSSR count). The number of carbonyl (C=O) groups is 1. The molecule has 0 amide bonds. The summed E-state index contributed by atoms with van der Waals surface area (Å²) in [4.78, 5) is 37.1. The Labute approximate surface area is 376 Å². The molecule has 1 fully saturated rings. The number of piperazine rings is 1. The molecule has 1 atom stereocenters. The average molecular weight is 909 g/mol. The number of nitrogens with zero attached hydrogens (tertiary/aromatic N) is 6. The van der Waals surface area contributed by atoms with E-state index in [1.165, 1.54) is 29.8 Å². The van der Waals surface area contributed by atoms with Gasteiger partial charge < -0.3 is 28.4 Å². The molecular formula is C46H42ClFN6O7S2. The van der Waals surface area contributed by atoms with E-state index >= 15 is 0 Å². The van der Waals surface area contributed by atoms with Gasteiger partial charge in [0.15, 0.2) is 5.82 Å². The van der Waals surface area contributed by atoms with E-state index < -0.39 is 12.1 Å². The van der Waals surface area contributed by atoms with Crippen LogP contribution in [-0.2, 0) is 17.8 Å². The number of para-hydroxylation sites is 1. The van der Waals surface area contributed by atoms with E-state index in [1.54, 1.807) is 66.9 Å². The highest BCUT2D eigenvalue weighted by atomic mass is 35.5. The third-order valence-electron chi connectivity index (χ3n) is 10.7. The van der Waals surface area contributed by atoms with E-state index in [9.17, 15) is 14.3 Å². The summed E-state index contributed by atoms with van der Waals surface area (Å²) < 4.78 is 47.2. The molecule has 324 valence electrons. The van der Waals surface area contributed by atoms with Gasteiger partial charge in [0.1, 0.15) is 47.4 Å². The highest BCUT2D eigenvalue weighted by Gasteiger charge is 2.28. The molecule has 0 spiro atoms. The summed E-state index contributed by atoms with van der Waals surface area (Å²) in [7, 11) is 2.12. The SMILES string of the molecule is Cc1c(-c2c(-c3ccc(F)cc3)sc3ncnc(OC(Cc4ccccc4OCc4ccnc(-c5cccc(OSO)c5)n4)C(=O)O)c23)ccc(OCCN2CCN(C)CC2)c1Cl. The van der Waals surface area contributed by atoms with Crippen molar-refractivity contribution < 1.29 is 37.2 Å². The van der Waals surface area contributed by atoms with Crippen LogP contribution in [0.5, 0.6) is 23.1 Å². The summed E-state index contributed by atoms with van der Waals surface area (Å²) in [5, 5.41) is 11.5. The van der Waals surface area contributed by atoms with Crippen molar-refractivity contribution >= 4 is 51.4 Å². The van der Waals surface area contributed by atoms with Crippen LogP contribution in [0.1, 0.15) is 16.8 Å². The van der Waals surface area contributed by atoms with Gasteiger partial charge in [0, 0.05) is 61.3 Å². The number of ether oxygens (including phenoxy) is 3. The zero-order valence-corrected chi connectivity index (χ0v) is 36.6. The van der Waals surface area contributed by atoms with Gasteiger partial charge in [-0.25, -0.2) is 29.1 Å². The molecule has 63 heavy (non-hydrogen) atoms. The van der Waals surface area contributed by atoms with Gasteiger partial charge in [-0.3, -0.25) is 9.45 Å². The number of carboxylic acids is 1. The molecule has 0 radical (unpaired) electrons. The Kier molecular flexibility index (Phi) is 14.0. The van der Waals surface area contributed by atoms with Crippen molar-refractivity contribution in [2.24, 2.45) is 0 Å². The molecule has 0 aliphatic carbocycles. The Bertz CT molecular complexity index is 2720. The summed E-state index contributed by atoms with van der Waals surface area (Å²) in [5.41, 5.74) is 4.70. The number of fused-ring (bicyclic) bond motifs is 1. The van der Waals surface area contributed by atoms with Gasteiger partial charge >= 0.3 is 5.97 Å². The smallest absolute Gasteiger partial charge is 0.345 e. The number of halogens is 2. The normalized spacial score (nSPS) is 13.8. The summed E-state index contributed by atoms with van der Waals surface area (Å²) >= 11 is 8.66. The largest absolute Gasteiger partial charge is 0.491 e. The van der Waals surface area contributed by atoms with Gasteiger partial charge in [-0.15, -0.1) is 11.3 Å². The number of likely N-dealkylation sites (N-methyl/N-ethyl adjacent to an activating group) is 1. The number of thiophene rings is 1. The Morgan fingerprint density at radius 1 is 0.937 bits per heavy atom. The lowest BCUT2D eigenvalue weighted by molar-refractivity contribution is -0.145. The third kappa shape index (κ3) is 10.3. The van der Waals surface area contributed by atoms with Crippen LogP contribution >= 0.6 is 35.3 Å². The Balaban J connectivity index is 1.07. The van der Waals surface area contributed by atoms with Crippen molar-refractivity contribution in [1.82, 2.24) is 29.7 Å². The number of hydrogen-bond acceptors (Lipinski definition) is 14. The number of hydrogen-bond donors (Lipinski definition) is 2. The molecule has 17 heteroatoms. The molecule has 1 aliphatic heterocycles. The molecule has 2 N–H and O–H groups in total. The van der Waals surface area contributed by atoms with E-state index in [4.69, 9.17) is 34.5 Å². The van der Waals surface area contributed by atoms with Gasteiger partial charge in [-0.1, -0.05) is 60.1 Å². The predicted octanol–water partition coefficient (Wildman–Crippen LogP) is 9.36. The lowest BCUT2D eigenvalue weighted by Gasteiger charge is -2.32. The summed E-state index contributed by atoms with van der Waals surface area (Å²) in [5.74, 6) is 0.335. The first kappa shape index (κ1) is 43.8. The summed E-state index contributed by atoms with van der Waals surface area (Å²) in [6.45, 7) is 7.18. The zero-order chi connectivity index (χ0) is 43.9. The van der Waals surface area contributed by atoms with Gasteiger partial charge in [0.25, 0.3) is 0 Å². The topological polar surface area (TPSA) is 152 Å². The molecule has 0 saturated carbocycles. The minimum absolute atomic E-state index is 0.0623. The highest BCUT2D eigenvalue weighted by molar-refractivity contribution is 7.89. The minimum atomic E-state index is -1.40. The van der Waals surface area contributed by atoms with Crippen molar-refractivity contribution in [2.45, 2.75) is 26.1 Å². The number of aliphatic carboxylic acids is 1. The van der Waals surface area contributed by atoms with E-state index in [2.05, 4.69) is 36.8 Å². The monoisotopic (exact) mass is 908 g/mol. The third-order valence-corrected chi connectivity index (χ3v) is 12.5. The van der Waals surface area contributed by atoms with Crippen molar-refractivity contribution in [3.05, 3.63) is 131 Å². The maximum absolute atomic E-state index is 14.2. The van der Waals surface area contributed by atoms with E-state index in [0.717, 1.165) is 54.3 Å². The first-order chi connectivity index (χ1) is 30.6. The number of aromatic nitrogens is 4. The molecule has 7 aromatic rings. The van der Waals surface area contributed by atoms with Crippen LogP contribution in [0.15, 0.2) is 104 Å². The van der Waals surface area contributed by atoms with Gasteiger partial charge in [-0.2, -0.15) is 0 Å². The number of rotatable bonds is 17. The molecule has 1 aliphatic rings. The molecule has 1 unspecified atom stereocenters. The molecular weight excluding hydrogens is 867 g/mol. The van der Waals surface area contributed by atoms with Crippen LogP contribution in [0.25, 0.3) is 43.2 Å². The van der Waals surface area contributed by atoms with Crippen LogP contribution in [0, 0.1) is 12.7 Å². The van der Waals surface area contributed by atoms with Crippen molar-refractivity contribution in [1.29, 1.82) is 0 Å². The predicted molar refractivity (Wildman–Crippen MR) is 242 cm³/mol. The van der Waals surface area contributed by atoms with Crippen LogP contribution < -0.4 is 18.4 Å². The van der Waals surface area contributed by atoms with Gasteiger partial charge in [-0.05, 0) is 78.7 Å². The Hall–Kier alpha value is -5.88. The Morgan fingerprint density at radius 2 is 1.75 bits per heavy atom. The van der Waals surface area contributed by atoms with Crippen LogP contribution in [0.3, 0.4) is 0 Å². The number of benzene rings is 4. The Morgan fingerprint density at radius 3 is 2.54 bits per heavy atom. The van der Waals surface area contributed by atoms with E-state index in [0.29, 0.717) is 67.3 Å². The first-order valence-corrected chi connectivity index (χ1v) is 21.9. The summed E-state index contributed by atoms with van der Waals surface area (Å²) in [6, 6.07) is 25.8. The summed E-state index contributed by atoms with van der Waals surface area (Å²) in [6.07, 6.45) is 1.49. The second-order valence-corrected chi connectivity index (χ2v) is 16.5. The average Bonchev–Trinajstić information content (AvgIpc) is 3.68. The van der Waals surface area contributed by atoms with Gasteiger partial charge in [0.05, 0.1) is 16.1 Å². The maximum Gasteiger partial charge on any atom is 0.345 e. The second-order valence-electron chi connectivity index (χ2n) is 14.8. The van der Waals surface area contributed by atoms with Crippen LogP contribution in [0.4, 0.5) is 4.39 Å². The fourth-order valence-corrected chi connectivity index (χ4v) is 8.84. The number of carboxylic acid groups (broad SMARTS) is 1. The van der Waals surface area contributed by atoms with E-state index in [-0.39, 0.29) is 37.0 Å². The lowest BCUT2D eigenvalue weighted by atomic mass is 9.96. The van der Waals surface area contributed by atoms with Gasteiger partial charge in [0.2, 0.25) is 24.3 Å². The molecule has 4 aromatic carbocycles. The minimum Gasteiger partial charge on any atom is -0.491 e. The molecule has 3 aromatic heterocycles. The highest BCUT2D eigenvalue weighted by Crippen LogP contribution is 2.49. The van der Waals surface area contributed by atoms with Crippen molar-refractivity contribution in [3.63, 3.8) is 0 Å².